The fourth-order valence-corrected chi connectivity index (χ4v) is 3.92. The molecule has 24 heavy (non-hydrogen) atoms. The van der Waals surface area contributed by atoms with Crippen molar-refractivity contribution < 1.29 is 22.7 Å². The quantitative estimate of drug-likeness (QED) is 0.886. The third-order valence-corrected chi connectivity index (χ3v) is 5.81. The first-order chi connectivity index (χ1) is 11.5. The van der Waals surface area contributed by atoms with E-state index in [-0.39, 0.29) is 36.7 Å². The molecule has 1 N–H and O–H groups in total. The minimum absolute atomic E-state index is 0.0242. The van der Waals surface area contributed by atoms with Gasteiger partial charge in [-0.05, 0) is 37.1 Å². The molecule has 1 unspecified atom stereocenters. The van der Waals surface area contributed by atoms with Crippen LogP contribution in [-0.4, -0.2) is 63.3 Å². The number of amides is 2. The lowest BCUT2D eigenvalue weighted by molar-refractivity contribution is 0.0679. The number of anilines is 1. The number of hydrogen-bond acceptors (Lipinski definition) is 5. The van der Waals surface area contributed by atoms with Gasteiger partial charge in [-0.1, -0.05) is 0 Å². The highest BCUT2D eigenvalue weighted by Gasteiger charge is 2.25. The molecule has 0 bridgehead atoms. The third kappa shape index (κ3) is 4.61. The summed E-state index contributed by atoms with van der Waals surface area (Å²) in [7, 11) is -2.99. The van der Waals surface area contributed by atoms with E-state index < -0.39 is 9.84 Å². The van der Waals surface area contributed by atoms with E-state index >= 15 is 0 Å². The van der Waals surface area contributed by atoms with Crippen molar-refractivity contribution in [3.8, 4) is 5.75 Å². The van der Waals surface area contributed by atoms with Crippen LogP contribution in [0, 0.1) is 0 Å². The summed E-state index contributed by atoms with van der Waals surface area (Å²) in [4.78, 5) is 13.7. The summed E-state index contributed by atoms with van der Waals surface area (Å²) in [5, 5.41) is 2.78. The summed E-state index contributed by atoms with van der Waals surface area (Å²) in [5.41, 5.74) is 0.651. The van der Waals surface area contributed by atoms with Gasteiger partial charge in [0.25, 0.3) is 0 Å². The van der Waals surface area contributed by atoms with Gasteiger partial charge in [0.15, 0.2) is 9.84 Å². The molecule has 2 aliphatic rings. The van der Waals surface area contributed by atoms with Crippen molar-refractivity contribution in [3.05, 3.63) is 24.3 Å². The van der Waals surface area contributed by atoms with Gasteiger partial charge >= 0.3 is 6.03 Å². The minimum Gasteiger partial charge on any atom is -0.491 e. The molecule has 132 valence electrons. The average Bonchev–Trinajstić information content (AvgIpc) is 3.07. The van der Waals surface area contributed by atoms with Gasteiger partial charge < -0.3 is 19.7 Å². The number of nitrogens with one attached hydrogen (secondary N) is 1. The maximum atomic E-state index is 12.1. The minimum atomic E-state index is -2.99. The van der Waals surface area contributed by atoms with E-state index in [1.54, 1.807) is 24.3 Å². The third-order valence-electron chi connectivity index (χ3n) is 4.20. The molecule has 0 spiro atoms. The first kappa shape index (κ1) is 17.0. The van der Waals surface area contributed by atoms with Crippen LogP contribution in [-0.2, 0) is 14.6 Å². The van der Waals surface area contributed by atoms with Gasteiger partial charge in [0, 0.05) is 25.4 Å². The lowest BCUT2D eigenvalue weighted by Gasteiger charge is -2.26. The summed E-state index contributed by atoms with van der Waals surface area (Å²) >= 11 is 0. The van der Waals surface area contributed by atoms with Crippen LogP contribution >= 0.6 is 0 Å². The van der Waals surface area contributed by atoms with E-state index in [1.165, 1.54) is 4.90 Å². The largest absolute Gasteiger partial charge is 0.491 e. The highest BCUT2D eigenvalue weighted by Crippen LogP contribution is 2.19. The summed E-state index contributed by atoms with van der Waals surface area (Å²) in [6, 6.07) is 6.85. The van der Waals surface area contributed by atoms with Gasteiger partial charge in [0.05, 0.1) is 17.6 Å². The number of urea groups is 1. The van der Waals surface area contributed by atoms with Crippen molar-refractivity contribution >= 4 is 21.6 Å². The van der Waals surface area contributed by atoms with Crippen LogP contribution < -0.4 is 10.1 Å². The van der Waals surface area contributed by atoms with Gasteiger partial charge in [0.2, 0.25) is 0 Å². The van der Waals surface area contributed by atoms with Gasteiger partial charge in [-0.3, -0.25) is 0 Å². The van der Waals surface area contributed by atoms with Crippen LogP contribution in [0.2, 0.25) is 0 Å². The highest BCUT2D eigenvalue weighted by molar-refractivity contribution is 7.91. The van der Waals surface area contributed by atoms with Crippen molar-refractivity contribution in [2.45, 2.75) is 18.9 Å². The van der Waals surface area contributed by atoms with E-state index in [4.69, 9.17) is 9.47 Å². The Morgan fingerprint density at radius 2 is 1.96 bits per heavy atom. The second-order valence-corrected chi connectivity index (χ2v) is 8.34. The fraction of sp³-hybridized carbons (Fsp3) is 0.562. The topological polar surface area (TPSA) is 84.9 Å². The lowest BCUT2D eigenvalue weighted by Crippen LogP contribution is -2.45. The van der Waals surface area contributed by atoms with Crippen molar-refractivity contribution in [1.82, 2.24) is 4.90 Å². The Kier molecular flexibility index (Phi) is 5.25. The fourth-order valence-electron chi connectivity index (χ4n) is 2.72. The van der Waals surface area contributed by atoms with Crippen LogP contribution in [0.1, 0.15) is 12.8 Å². The maximum Gasteiger partial charge on any atom is 0.321 e. The summed E-state index contributed by atoms with van der Waals surface area (Å²) < 4.78 is 34.0. The molecule has 0 aromatic heterocycles. The Hall–Kier alpha value is -1.80. The molecule has 2 amide bonds. The molecule has 2 saturated heterocycles. The zero-order valence-electron chi connectivity index (χ0n) is 13.4. The molecule has 1 aromatic carbocycles. The van der Waals surface area contributed by atoms with Gasteiger partial charge in [-0.2, -0.15) is 0 Å². The zero-order valence-corrected chi connectivity index (χ0v) is 14.3. The first-order valence-corrected chi connectivity index (χ1v) is 9.95. The number of nitrogens with zero attached hydrogens (tertiary/aromatic N) is 1. The van der Waals surface area contributed by atoms with Gasteiger partial charge in [-0.15, -0.1) is 0 Å². The first-order valence-electron chi connectivity index (χ1n) is 8.13. The molecule has 0 radical (unpaired) electrons. The zero-order chi connectivity index (χ0) is 17.0. The van der Waals surface area contributed by atoms with Crippen molar-refractivity contribution in [1.29, 1.82) is 0 Å². The SMILES string of the molecule is O=C(Nc1ccc(OCC2CCCO2)cc1)N1CCS(=O)(=O)CC1. The second-order valence-electron chi connectivity index (χ2n) is 6.04. The summed E-state index contributed by atoms with van der Waals surface area (Å²) in [5.74, 6) is 0.778. The second kappa shape index (κ2) is 7.40. The Labute approximate surface area is 141 Å². The Morgan fingerprint density at radius 1 is 1.25 bits per heavy atom. The Morgan fingerprint density at radius 3 is 2.58 bits per heavy atom. The molecule has 2 heterocycles. The van der Waals surface area contributed by atoms with E-state index in [0.29, 0.717) is 12.3 Å². The van der Waals surface area contributed by atoms with Crippen LogP contribution in [0.15, 0.2) is 24.3 Å². The van der Waals surface area contributed by atoms with Crippen molar-refractivity contribution in [2.24, 2.45) is 0 Å². The molecule has 0 aliphatic carbocycles. The molecule has 8 heteroatoms. The highest BCUT2D eigenvalue weighted by atomic mass is 32.2. The van der Waals surface area contributed by atoms with Crippen molar-refractivity contribution in [3.63, 3.8) is 0 Å². The monoisotopic (exact) mass is 354 g/mol. The van der Waals surface area contributed by atoms with Crippen LogP contribution in [0.5, 0.6) is 5.75 Å². The van der Waals surface area contributed by atoms with Crippen molar-refractivity contribution in [2.75, 3.05) is 43.1 Å². The molecule has 1 aromatic rings. The number of carbonyl (C=O) groups is 1. The van der Waals surface area contributed by atoms with Crippen LogP contribution in [0.25, 0.3) is 0 Å². The van der Waals surface area contributed by atoms with E-state index in [1.807, 2.05) is 0 Å². The van der Waals surface area contributed by atoms with Gasteiger partial charge in [0.1, 0.15) is 12.4 Å². The van der Waals surface area contributed by atoms with Gasteiger partial charge in [-0.25, -0.2) is 13.2 Å². The van der Waals surface area contributed by atoms with E-state index in [9.17, 15) is 13.2 Å². The summed E-state index contributed by atoms with van der Waals surface area (Å²) in [6.45, 7) is 1.80. The number of hydrogen-bond donors (Lipinski definition) is 1. The number of carbonyl (C=O) groups excluding carboxylic acids is 1. The Bertz CT molecular complexity index is 654. The number of rotatable bonds is 4. The van der Waals surface area contributed by atoms with Crippen LogP contribution in [0.4, 0.5) is 10.5 Å². The normalized spacial score (nSPS) is 23.0. The average molecular weight is 354 g/mol. The predicted molar refractivity (Wildman–Crippen MR) is 90.2 cm³/mol. The molecule has 1 atom stereocenters. The molecule has 2 fully saturated rings. The molecule has 2 aliphatic heterocycles. The Balaban J connectivity index is 1.47. The molecular weight excluding hydrogens is 332 g/mol. The molecule has 0 saturated carbocycles. The predicted octanol–water partition coefficient (Wildman–Crippen LogP) is 1.51. The molecule has 3 rings (SSSR count). The standard InChI is InChI=1S/C16H22N2O5S/c19-16(18-7-10-24(20,21)11-8-18)17-13-3-5-14(6-4-13)23-12-15-2-1-9-22-15/h3-6,15H,1-2,7-12H2,(H,17,19). The smallest absolute Gasteiger partial charge is 0.321 e. The number of benzene rings is 1. The van der Waals surface area contributed by atoms with Crippen LogP contribution in [0.3, 0.4) is 0 Å². The lowest BCUT2D eigenvalue weighted by atomic mass is 10.2. The number of ether oxygens (including phenoxy) is 2. The van der Waals surface area contributed by atoms with E-state index in [0.717, 1.165) is 25.2 Å². The number of sulfone groups is 1. The summed E-state index contributed by atoms with van der Waals surface area (Å²) in [6.07, 6.45) is 2.27. The maximum absolute atomic E-state index is 12.1. The molecule has 7 nitrogen and oxygen atoms in total. The molecular formula is C16H22N2O5S. The van der Waals surface area contributed by atoms with E-state index in [2.05, 4.69) is 5.32 Å².